The van der Waals surface area contributed by atoms with Crippen LogP contribution in [0.5, 0.6) is 0 Å². The molecular weight excluding hydrogens is 226 g/mol. The molecule has 0 atom stereocenters. The number of rotatable bonds is 1. The number of benzene rings is 1. The van der Waals surface area contributed by atoms with Crippen LogP contribution in [0.25, 0.3) is 0 Å². The van der Waals surface area contributed by atoms with Gasteiger partial charge in [0.2, 0.25) is 0 Å². The van der Waals surface area contributed by atoms with Crippen molar-refractivity contribution in [2.75, 3.05) is 11.5 Å². The molecule has 1 aromatic rings. The molecule has 1 saturated heterocycles. The topological polar surface area (TPSA) is 26.0 Å². The van der Waals surface area contributed by atoms with E-state index >= 15 is 0 Å². The lowest BCUT2D eigenvalue weighted by atomic mass is 9.82. The highest BCUT2D eigenvalue weighted by Crippen LogP contribution is 2.34. The lowest BCUT2D eigenvalue weighted by Crippen LogP contribution is -2.40. The SMILES string of the molecule is CC(C)(C)c1ccc(C2(N)CCSCC2)cc1. The third kappa shape index (κ3) is 2.86. The minimum absolute atomic E-state index is 0.0817. The van der Waals surface area contributed by atoms with Gasteiger partial charge in [-0.25, -0.2) is 0 Å². The van der Waals surface area contributed by atoms with Gasteiger partial charge in [0.05, 0.1) is 0 Å². The second-order valence-corrected chi connectivity index (χ2v) is 7.32. The van der Waals surface area contributed by atoms with Gasteiger partial charge in [-0.1, -0.05) is 45.0 Å². The quantitative estimate of drug-likeness (QED) is 0.822. The first-order valence-electron chi connectivity index (χ1n) is 6.39. The summed E-state index contributed by atoms with van der Waals surface area (Å²) in [7, 11) is 0. The number of thioether (sulfide) groups is 1. The van der Waals surface area contributed by atoms with E-state index in [9.17, 15) is 0 Å². The Balaban J connectivity index is 2.23. The first kappa shape index (κ1) is 13.0. The third-order valence-electron chi connectivity index (χ3n) is 3.71. The first-order chi connectivity index (χ1) is 7.92. The summed E-state index contributed by atoms with van der Waals surface area (Å²) in [6.45, 7) is 6.74. The molecule has 0 spiro atoms. The summed E-state index contributed by atoms with van der Waals surface area (Å²) in [6, 6.07) is 8.95. The van der Waals surface area contributed by atoms with Gasteiger partial charge in [-0.15, -0.1) is 0 Å². The molecular formula is C15H23NS. The molecule has 1 aliphatic rings. The van der Waals surface area contributed by atoms with Gasteiger partial charge in [-0.05, 0) is 40.9 Å². The number of nitrogens with two attached hydrogens (primary N) is 1. The molecule has 0 saturated carbocycles. The lowest BCUT2D eigenvalue weighted by molar-refractivity contribution is 0.410. The highest BCUT2D eigenvalue weighted by Gasteiger charge is 2.29. The molecule has 0 amide bonds. The van der Waals surface area contributed by atoms with Gasteiger partial charge < -0.3 is 5.73 Å². The third-order valence-corrected chi connectivity index (χ3v) is 4.70. The summed E-state index contributed by atoms with van der Waals surface area (Å²) in [5.74, 6) is 2.38. The van der Waals surface area contributed by atoms with E-state index in [1.807, 2.05) is 11.8 Å². The average molecular weight is 249 g/mol. The van der Waals surface area contributed by atoms with E-state index in [0.717, 1.165) is 12.8 Å². The van der Waals surface area contributed by atoms with Gasteiger partial charge in [-0.3, -0.25) is 0 Å². The van der Waals surface area contributed by atoms with Crippen molar-refractivity contribution < 1.29 is 0 Å². The zero-order valence-corrected chi connectivity index (χ0v) is 11.9. The lowest BCUT2D eigenvalue weighted by Gasteiger charge is -2.34. The second kappa shape index (κ2) is 4.66. The molecule has 2 heteroatoms. The maximum atomic E-state index is 6.53. The molecule has 1 aromatic carbocycles. The van der Waals surface area contributed by atoms with Gasteiger partial charge in [-0.2, -0.15) is 11.8 Å². The predicted molar refractivity (Wildman–Crippen MR) is 77.6 cm³/mol. The maximum absolute atomic E-state index is 6.53. The van der Waals surface area contributed by atoms with Crippen LogP contribution >= 0.6 is 11.8 Å². The summed E-state index contributed by atoms with van der Waals surface area (Å²) in [5, 5.41) is 0. The normalized spacial score (nSPS) is 20.2. The van der Waals surface area contributed by atoms with Crippen molar-refractivity contribution in [2.24, 2.45) is 5.73 Å². The van der Waals surface area contributed by atoms with Crippen LogP contribution < -0.4 is 5.73 Å². The fourth-order valence-corrected chi connectivity index (χ4v) is 3.55. The average Bonchev–Trinajstić information content (AvgIpc) is 2.29. The van der Waals surface area contributed by atoms with E-state index in [4.69, 9.17) is 5.73 Å². The van der Waals surface area contributed by atoms with Crippen LogP contribution in [0.2, 0.25) is 0 Å². The molecule has 17 heavy (non-hydrogen) atoms. The van der Waals surface area contributed by atoms with Gasteiger partial charge in [0.15, 0.2) is 0 Å². The zero-order valence-electron chi connectivity index (χ0n) is 11.1. The van der Waals surface area contributed by atoms with Crippen LogP contribution in [0.4, 0.5) is 0 Å². The van der Waals surface area contributed by atoms with Crippen molar-refractivity contribution >= 4 is 11.8 Å². The van der Waals surface area contributed by atoms with Gasteiger partial charge in [0.1, 0.15) is 0 Å². The molecule has 0 aliphatic carbocycles. The Labute approximate surface area is 109 Å². The van der Waals surface area contributed by atoms with Crippen LogP contribution in [0, 0.1) is 0 Å². The van der Waals surface area contributed by atoms with E-state index in [0.29, 0.717) is 0 Å². The molecule has 1 fully saturated rings. The van der Waals surface area contributed by atoms with E-state index < -0.39 is 0 Å². The van der Waals surface area contributed by atoms with Gasteiger partial charge >= 0.3 is 0 Å². The molecule has 2 rings (SSSR count). The smallest absolute Gasteiger partial charge is 0.0425 e. The molecule has 1 nitrogen and oxygen atoms in total. The van der Waals surface area contributed by atoms with Crippen molar-refractivity contribution in [3.05, 3.63) is 35.4 Å². The Morgan fingerprint density at radius 1 is 1.06 bits per heavy atom. The number of hydrogen-bond acceptors (Lipinski definition) is 2. The fraction of sp³-hybridized carbons (Fsp3) is 0.600. The largest absolute Gasteiger partial charge is 0.321 e. The minimum atomic E-state index is -0.0817. The van der Waals surface area contributed by atoms with E-state index in [-0.39, 0.29) is 11.0 Å². The maximum Gasteiger partial charge on any atom is 0.0425 e. The van der Waals surface area contributed by atoms with Crippen LogP contribution in [-0.2, 0) is 11.0 Å². The van der Waals surface area contributed by atoms with Gasteiger partial charge in [0, 0.05) is 5.54 Å². The van der Waals surface area contributed by atoms with Crippen LogP contribution in [0.1, 0.15) is 44.7 Å². The van der Waals surface area contributed by atoms with Crippen LogP contribution in [0.3, 0.4) is 0 Å². The minimum Gasteiger partial charge on any atom is -0.321 e. The van der Waals surface area contributed by atoms with E-state index in [2.05, 4.69) is 45.0 Å². The molecule has 0 radical (unpaired) electrons. The molecule has 1 aliphatic heterocycles. The molecule has 1 heterocycles. The highest BCUT2D eigenvalue weighted by molar-refractivity contribution is 7.99. The van der Waals surface area contributed by atoms with Crippen LogP contribution in [-0.4, -0.2) is 11.5 Å². The monoisotopic (exact) mass is 249 g/mol. The predicted octanol–water partition coefficient (Wildman–Crippen LogP) is 3.67. The number of hydrogen-bond donors (Lipinski definition) is 1. The second-order valence-electron chi connectivity index (χ2n) is 6.10. The molecule has 0 bridgehead atoms. The summed E-state index contributed by atoms with van der Waals surface area (Å²) < 4.78 is 0. The Hall–Kier alpha value is -0.470. The first-order valence-corrected chi connectivity index (χ1v) is 7.55. The Kier molecular flexibility index (Phi) is 3.55. The standard InChI is InChI=1S/C15H23NS/c1-14(2,3)12-4-6-13(7-5-12)15(16)8-10-17-11-9-15/h4-7H,8-11,16H2,1-3H3. The molecule has 94 valence electrons. The summed E-state index contributed by atoms with van der Waals surface area (Å²) in [5.41, 5.74) is 9.36. The highest BCUT2D eigenvalue weighted by atomic mass is 32.2. The van der Waals surface area contributed by atoms with Crippen molar-refractivity contribution in [3.63, 3.8) is 0 Å². The fourth-order valence-electron chi connectivity index (χ4n) is 2.33. The van der Waals surface area contributed by atoms with Crippen molar-refractivity contribution in [1.82, 2.24) is 0 Å². The molecule has 0 aromatic heterocycles. The van der Waals surface area contributed by atoms with Crippen LogP contribution in [0.15, 0.2) is 24.3 Å². The van der Waals surface area contributed by atoms with Crippen molar-refractivity contribution in [1.29, 1.82) is 0 Å². The van der Waals surface area contributed by atoms with Crippen molar-refractivity contribution in [3.8, 4) is 0 Å². The summed E-state index contributed by atoms with van der Waals surface area (Å²) >= 11 is 2.02. The van der Waals surface area contributed by atoms with Gasteiger partial charge in [0.25, 0.3) is 0 Å². The summed E-state index contributed by atoms with van der Waals surface area (Å²) in [6.07, 6.45) is 2.21. The zero-order chi connectivity index (χ0) is 12.5. The molecule has 0 unspecified atom stereocenters. The Morgan fingerprint density at radius 3 is 2.06 bits per heavy atom. The molecule has 2 N–H and O–H groups in total. The summed E-state index contributed by atoms with van der Waals surface area (Å²) in [4.78, 5) is 0. The Bertz CT molecular complexity index is 369. The Morgan fingerprint density at radius 2 is 1.59 bits per heavy atom. The van der Waals surface area contributed by atoms with E-state index in [1.54, 1.807) is 0 Å². The van der Waals surface area contributed by atoms with E-state index in [1.165, 1.54) is 22.6 Å². The van der Waals surface area contributed by atoms with Crippen molar-refractivity contribution in [2.45, 2.75) is 44.6 Å².